The lowest BCUT2D eigenvalue weighted by Crippen LogP contribution is -2.46. The number of aldehydes is 4. The number of nitrogens with one attached hydrogen (secondary N) is 4. The molecule has 0 bridgehead atoms. The zero-order chi connectivity index (χ0) is 87.5. The summed E-state index contributed by atoms with van der Waals surface area (Å²) < 4.78 is 147. The number of H-pyrrole nitrogens is 4. The summed E-state index contributed by atoms with van der Waals surface area (Å²) in [4.78, 5) is 148. The SMILES string of the molecule is CC(C)[C@H](N)C(=O)OC[C@@]1(F)O[C@@H](n2cc(C=O)c(=S)[nH]c2=O)[C@H](O)[C@@H]1O.[2H]C([2H])(OC(=O)[C@@H](N)C(C)C)[C@@]1(F)O[C@@H](n2cc(C=O)c(=S)[nH]c2=O)[C@H](O)[C@@H]1O.[2H]C([2H])(OC(=O)[C@@H](N)C(C)C)[C@@]1(F)O[C@@]([2H])(n2cc(C=O)c(=S)[nH]c2=O)[C@H](O)[C@@H]1O.[2H][C@@]1(n2cc(C=O)c(=S)[nH]c2=O)O[C@](F)(COC(=O)[C@@H](N)C(C)C)[C@@H](O)[C@H]1O. The third-order valence-corrected chi connectivity index (χ3v) is 17.3. The van der Waals surface area contributed by atoms with Gasteiger partial charge in [0.15, 0.2) is 76.3 Å². The molecule has 0 aromatic carbocycles. The van der Waals surface area contributed by atoms with Crippen LogP contribution in [0.4, 0.5) is 17.6 Å². The van der Waals surface area contributed by atoms with Crippen LogP contribution >= 0.6 is 48.9 Å². The van der Waals surface area contributed by atoms with E-state index in [9.17, 15) is 103 Å². The van der Waals surface area contributed by atoms with Crippen molar-refractivity contribution in [3.63, 3.8) is 0 Å². The highest BCUT2D eigenvalue weighted by molar-refractivity contribution is 7.72. The fourth-order valence-corrected chi connectivity index (χ4v) is 9.71. The smallest absolute Gasteiger partial charge is 0.328 e. The van der Waals surface area contributed by atoms with E-state index >= 15 is 13.2 Å². The van der Waals surface area contributed by atoms with Gasteiger partial charge in [-0.15, -0.1) is 0 Å². The molecule has 0 saturated carbocycles. The van der Waals surface area contributed by atoms with Gasteiger partial charge in [0.05, 0.1) is 30.5 Å². The largest absolute Gasteiger partial charge is 0.458 e. The number of alkyl halides is 4. The number of hydrogen-bond acceptors (Lipinski definition) is 36. The summed E-state index contributed by atoms with van der Waals surface area (Å²) >= 11 is 19.1. The minimum atomic E-state index is -3.99. The molecule has 0 aliphatic carbocycles. The van der Waals surface area contributed by atoms with Crippen molar-refractivity contribution >= 4 is 97.9 Å². The monoisotopic (exact) mass is 1630 g/mol. The molecular weight excluding hydrogens is 1540 g/mol. The van der Waals surface area contributed by atoms with Gasteiger partial charge in [-0.05, 0) is 23.7 Å². The van der Waals surface area contributed by atoms with Gasteiger partial charge >= 0.3 is 46.6 Å². The fourth-order valence-electron chi connectivity index (χ4n) is 8.95. The maximum absolute atomic E-state index is 15.5. The van der Waals surface area contributed by atoms with Crippen molar-refractivity contribution in [1.29, 1.82) is 0 Å². The van der Waals surface area contributed by atoms with Gasteiger partial charge in [-0.25, -0.2) is 36.7 Å². The van der Waals surface area contributed by atoms with Crippen LogP contribution in [-0.2, 0) is 57.1 Å². The van der Waals surface area contributed by atoms with E-state index in [0.29, 0.717) is 26.2 Å². The fraction of sp³-hybridized carbons (Fsp3) is 0.600. The van der Waals surface area contributed by atoms with Crippen LogP contribution in [0.15, 0.2) is 44.0 Å². The number of aromatic amines is 4. The Bertz CT molecular complexity index is 4800. The second kappa shape index (κ2) is 37.2. The lowest BCUT2D eigenvalue weighted by atomic mass is 10.1. The van der Waals surface area contributed by atoms with E-state index in [1.807, 2.05) is 4.98 Å². The standard InChI is InChI=1S/4C15H20FN3O7S/c4*1-6(2)8(17)13(23)25-5-15(16)10(22)9(21)12(26-15)19-3-7(4-20)11(27)18-14(19)24/h4*3-4,6,8-10,12,21-22H,5,17H2,1-2H3,(H,18,24,27)/t4*8-,9+,10-,12+,15+/m0000/s1/i5D2,12D;12D;5D2;. The first-order chi connectivity index (χ1) is 52.3. The third-order valence-electron chi connectivity index (χ3n) is 15.9. The number of aliphatic hydroxyl groups excluding tert-OH is 8. The predicted molar refractivity (Wildman–Crippen MR) is 364 cm³/mol. The van der Waals surface area contributed by atoms with Crippen LogP contribution in [0.3, 0.4) is 0 Å². The van der Waals surface area contributed by atoms with Gasteiger partial charge in [-0.3, -0.25) is 76.6 Å². The molecule has 108 heavy (non-hydrogen) atoms. The molecule has 20 atom stereocenters. The summed E-state index contributed by atoms with van der Waals surface area (Å²) in [5.41, 5.74) is 17.1. The summed E-state index contributed by atoms with van der Waals surface area (Å²) in [5, 5.41) is 80.9. The molecular formula is C60H80F4N12O28S4. The molecule has 4 aromatic heterocycles. The highest BCUT2D eigenvalue weighted by Gasteiger charge is 2.61. The first kappa shape index (κ1) is 81.0. The Morgan fingerprint density at radius 2 is 0.667 bits per heavy atom. The molecule has 48 heteroatoms. The average molecular weight is 1630 g/mol. The van der Waals surface area contributed by atoms with Crippen LogP contribution in [0, 0.1) is 42.2 Å². The Balaban J connectivity index is 0.000000272. The summed E-state index contributed by atoms with van der Waals surface area (Å²) in [6.07, 6.45) is -24.1. The maximum Gasteiger partial charge on any atom is 0.328 e. The summed E-state index contributed by atoms with van der Waals surface area (Å²) in [7, 11) is 0. The predicted octanol–water partition coefficient (Wildman–Crippen LogP) is -3.35. The number of nitrogens with two attached hydrogens (primary N) is 4. The van der Waals surface area contributed by atoms with Crippen LogP contribution in [0.1, 0.15) is 130 Å². The van der Waals surface area contributed by atoms with E-state index in [-0.39, 0.29) is 76.1 Å². The molecule has 8 rings (SSSR count). The Labute approximate surface area is 633 Å². The van der Waals surface area contributed by atoms with Crippen LogP contribution < -0.4 is 45.7 Å². The number of halogens is 4. The van der Waals surface area contributed by atoms with Crippen molar-refractivity contribution in [2.75, 3.05) is 26.3 Å². The summed E-state index contributed by atoms with van der Waals surface area (Å²) in [6.45, 7) is 3.13. The molecule has 40 nitrogen and oxygen atoms in total. The number of hydrogen-bond donors (Lipinski definition) is 16. The Kier molecular flexibility index (Phi) is 27.9. The van der Waals surface area contributed by atoms with Gasteiger partial charge in [0.1, 0.15) is 91.6 Å². The minimum Gasteiger partial charge on any atom is -0.458 e. The number of aliphatic hydroxyl groups is 8. The van der Waals surface area contributed by atoms with E-state index in [0.717, 1.165) is 18.6 Å². The highest BCUT2D eigenvalue weighted by Crippen LogP contribution is 2.42. The summed E-state index contributed by atoms with van der Waals surface area (Å²) in [5.74, 6) is -20.1. The third kappa shape index (κ3) is 20.5. The van der Waals surface area contributed by atoms with E-state index in [2.05, 4.69) is 29.2 Å². The zero-order valence-electron chi connectivity index (χ0n) is 63.4. The van der Waals surface area contributed by atoms with E-state index < -0.39 is 206 Å². The molecule has 20 N–H and O–H groups in total. The quantitative estimate of drug-likeness (QED) is 0.0107. The molecule has 0 amide bonds. The number of rotatable bonds is 24. The molecule has 0 unspecified atom stereocenters. The van der Waals surface area contributed by atoms with Crippen LogP contribution in [0.5, 0.6) is 0 Å². The Morgan fingerprint density at radius 3 is 0.963 bits per heavy atom. The zero-order valence-corrected chi connectivity index (χ0v) is 60.7. The van der Waals surface area contributed by atoms with Crippen molar-refractivity contribution in [2.45, 2.75) is 177 Å². The highest BCUT2D eigenvalue weighted by atomic mass is 32.1. The maximum atomic E-state index is 15.5. The number of carbonyl (C=O) groups excluding carboxylic acids is 8. The number of nitrogens with zero attached hydrogens (tertiary/aromatic N) is 4. The summed E-state index contributed by atoms with van der Waals surface area (Å²) in [6, 6.07) is -4.72. The van der Waals surface area contributed by atoms with E-state index in [1.165, 1.54) is 13.8 Å². The van der Waals surface area contributed by atoms with Gasteiger partial charge in [0.2, 0.25) is 0 Å². The second-order valence-electron chi connectivity index (χ2n) is 25.2. The van der Waals surface area contributed by atoms with Gasteiger partial charge in [-0.1, -0.05) is 104 Å². The van der Waals surface area contributed by atoms with Crippen molar-refractivity contribution in [2.24, 2.45) is 46.6 Å². The molecule has 600 valence electrons. The van der Waals surface area contributed by atoms with Gasteiger partial charge in [0.25, 0.3) is 23.4 Å². The molecule has 4 fully saturated rings. The lowest BCUT2D eigenvalue weighted by molar-refractivity contribution is -0.217. The van der Waals surface area contributed by atoms with Crippen LogP contribution in [0.2, 0.25) is 0 Å². The number of ether oxygens (including phenoxy) is 8. The minimum absolute atomic E-state index is 0.111. The van der Waals surface area contributed by atoms with Gasteiger partial charge in [0, 0.05) is 24.8 Å². The second-order valence-corrected chi connectivity index (χ2v) is 26.8. The first-order valence-corrected chi connectivity index (χ1v) is 32.9. The van der Waals surface area contributed by atoms with Gasteiger partial charge in [-0.2, -0.15) is 0 Å². The van der Waals surface area contributed by atoms with Crippen molar-refractivity contribution in [1.82, 2.24) is 38.2 Å². The van der Waals surface area contributed by atoms with E-state index in [4.69, 9.17) is 104 Å². The first-order valence-electron chi connectivity index (χ1n) is 34.3. The van der Waals surface area contributed by atoms with Gasteiger partial charge < -0.3 is 102 Å². The molecule has 4 saturated heterocycles. The number of carbonyl (C=O) groups is 8. The van der Waals surface area contributed by atoms with Crippen molar-refractivity contribution in [3.8, 4) is 0 Å². The molecule has 4 aliphatic heterocycles. The van der Waals surface area contributed by atoms with Crippen LogP contribution in [0.25, 0.3) is 0 Å². The molecule has 0 radical (unpaired) electrons. The Morgan fingerprint density at radius 1 is 0.444 bits per heavy atom. The normalized spacial score (nSPS) is 31.4. The topological polar surface area (TPSA) is 627 Å². The molecule has 4 aliphatic rings. The number of aromatic nitrogens is 8. The van der Waals surface area contributed by atoms with Crippen molar-refractivity contribution < 1.29 is 143 Å². The molecule has 4 aromatic rings. The molecule has 8 heterocycles. The average Bonchev–Trinajstić information content (AvgIpc) is 1.49. The Hall–Kier alpha value is -7.96. The molecule has 0 spiro atoms. The number of esters is 4. The van der Waals surface area contributed by atoms with Crippen molar-refractivity contribution in [3.05, 3.63) is 108 Å². The lowest BCUT2D eigenvalue weighted by Gasteiger charge is -2.24. The van der Waals surface area contributed by atoms with Crippen LogP contribution in [-0.4, -0.2) is 251 Å². The van der Waals surface area contributed by atoms with E-state index in [1.54, 1.807) is 41.5 Å².